The van der Waals surface area contributed by atoms with E-state index >= 15 is 0 Å². The molecular formula is C12H16O7. The Kier molecular flexibility index (Phi) is 4.70. The lowest BCUT2D eigenvalue weighted by molar-refractivity contribution is -0.364. The van der Waals surface area contributed by atoms with E-state index in [0.717, 1.165) is 0 Å². The Bertz CT molecular complexity index is 385. The number of hydrogen-bond acceptors (Lipinski definition) is 7. The van der Waals surface area contributed by atoms with Gasteiger partial charge in [0.1, 0.15) is 18.3 Å². The Morgan fingerprint density at radius 1 is 1.05 bits per heavy atom. The summed E-state index contributed by atoms with van der Waals surface area (Å²) in [5.74, 6) is 0.376. The van der Waals surface area contributed by atoms with E-state index in [-0.39, 0.29) is 0 Å². The molecule has 0 radical (unpaired) electrons. The number of ether oxygens (including phenoxy) is 1. The summed E-state index contributed by atoms with van der Waals surface area (Å²) in [6.07, 6.45) is -6.68. The molecule has 5 atom stereocenters. The van der Waals surface area contributed by atoms with Crippen LogP contribution in [-0.2, 0) is 9.62 Å². The second kappa shape index (κ2) is 6.29. The first kappa shape index (κ1) is 14.2. The van der Waals surface area contributed by atoms with Crippen LogP contribution in [0.4, 0.5) is 0 Å². The number of aliphatic hydroxyl groups excluding tert-OH is 4. The zero-order valence-electron chi connectivity index (χ0n) is 9.99. The fourth-order valence-electron chi connectivity index (χ4n) is 1.76. The van der Waals surface area contributed by atoms with Gasteiger partial charge in [-0.25, -0.2) is 0 Å². The van der Waals surface area contributed by atoms with E-state index in [1.165, 1.54) is 0 Å². The lowest BCUT2D eigenvalue weighted by Crippen LogP contribution is -2.59. The summed E-state index contributed by atoms with van der Waals surface area (Å²) in [6.45, 7) is -0.526. The average Bonchev–Trinajstić information content (AvgIpc) is 2.44. The van der Waals surface area contributed by atoms with Gasteiger partial charge in [0.15, 0.2) is 18.1 Å². The Hall–Kier alpha value is -1.22. The molecule has 1 fully saturated rings. The average molecular weight is 272 g/mol. The number of rotatable bonds is 4. The molecule has 0 bridgehead atoms. The van der Waals surface area contributed by atoms with Gasteiger partial charge < -0.3 is 30.1 Å². The first-order chi connectivity index (χ1) is 9.13. The standard InChI is InChI=1S/C12H16O7/c13-6-8-9(14)10(15)11(12(16)17-8)19-18-7-4-2-1-3-5-7/h1-5,8-16H,6H2/t8-,9+,10+,11-,12-/m1/s1. The molecule has 1 saturated heterocycles. The van der Waals surface area contributed by atoms with E-state index in [1.807, 2.05) is 0 Å². The largest absolute Gasteiger partial charge is 0.394 e. The summed E-state index contributed by atoms with van der Waals surface area (Å²) in [6, 6.07) is 8.47. The third kappa shape index (κ3) is 3.21. The molecule has 0 amide bonds. The number of benzene rings is 1. The van der Waals surface area contributed by atoms with E-state index in [1.54, 1.807) is 30.3 Å². The van der Waals surface area contributed by atoms with Gasteiger partial charge in [0, 0.05) is 0 Å². The van der Waals surface area contributed by atoms with Crippen LogP contribution in [0.25, 0.3) is 0 Å². The molecule has 1 aromatic rings. The van der Waals surface area contributed by atoms with Gasteiger partial charge in [-0.15, -0.1) is 0 Å². The molecule has 0 aromatic heterocycles. The van der Waals surface area contributed by atoms with Gasteiger partial charge >= 0.3 is 0 Å². The molecule has 2 rings (SSSR count). The lowest BCUT2D eigenvalue weighted by Gasteiger charge is -2.38. The van der Waals surface area contributed by atoms with Crippen LogP contribution < -0.4 is 4.89 Å². The van der Waals surface area contributed by atoms with Gasteiger partial charge in [0.25, 0.3) is 0 Å². The summed E-state index contributed by atoms with van der Waals surface area (Å²) in [4.78, 5) is 9.82. The number of para-hydroxylation sites is 1. The zero-order chi connectivity index (χ0) is 13.8. The maximum Gasteiger partial charge on any atom is 0.188 e. The third-order valence-electron chi connectivity index (χ3n) is 2.84. The predicted octanol–water partition coefficient (Wildman–Crippen LogP) is -1.20. The molecule has 7 nitrogen and oxygen atoms in total. The summed E-state index contributed by atoms with van der Waals surface area (Å²) >= 11 is 0. The van der Waals surface area contributed by atoms with Crippen molar-refractivity contribution in [2.75, 3.05) is 6.61 Å². The van der Waals surface area contributed by atoms with Crippen molar-refractivity contribution in [1.82, 2.24) is 0 Å². The molecule has 7 heteroatoms. The highest BCUT2D eigenvalue weighted by molar-refractivity contribution is 5.20. The van der Waals surface area contributed by atoms with E-state index in [2.05, 4.69) is 0 Å². The van der Waals surface area contributed by atoms with Crippen molar-refractivity contribution in [3.05, 3.63) is 30.3 Å². The Morgan fingerprint density at radius 3 is 2.37 bits per heavy atom. The minimum Gasteiger partial charge on any atom is -0.394 e. The molecular weight excluding hydrogens is 256 g/mol. The van der Waals surface area contributed by atoms with Gasteiger partial charge in [-0.1, -0.05) is 18.2 Å². The van der Waals surface area contributed by atoms with E-state index in [9.17, 15) is 15.3 Å². The highest BCUT2D eigenvalue weighted by Gasteiger charge is 2.45. The molecule has 19 heavy (non-hydrogen) atoms. The van der Waals surface area contributed by atoms with Crippen LogP contribution in [0.2, 0.25) is 0 Å². The van der Waals surface area contributed by atoms with Gasteiger partial charge in [-0.05, 0) is 12.1 Å². The third-order valence-corrected chi connectivity index (χ3v) is 2.84. The zero-order valence-corrected chi connectivity index (χ0v) is 9.99. The smallest absolute Gasteiger partial charge is 0.188 e. The second-order valence-corrected chi connectivity index (χ2v) is 4.19. The van der Waals surface area contributed by atoms with Crippen molar-refractivity contribution in [2.45, 2.75) is 30.7 Å². The fraction of sp³-hybridized carbons (Fsp3) is 0.500. The highest BCUT2D eigenvalue weighted by atomic mass is 17.2. The van der Waals surface area contributed by atoms with Crippen LogP contribution in [-0.4, -0.2) is 57.7 Å². The summed E-state index contributed by atoms with van der Waals surface area (Å²) in [5, 5.41) is 38.0. The van der Waals surface area contributed by atoms with E-state index in [0.29, 0.717) is 5.75 Å². The molecule has 0 aliphatic carbocycles. The molecule has 0 saturated carbocycles. The molecule has 1 aliphatic heterocycles. The topological polar surface area (TPSA) is 109 Å². The normalized spacial score (nSPS) is 35.1. The lowest BCUT2D eigenvalue weighted by atomic mass is 9.99. The van der Waals surface area contributed by atoms with Crippen LogP contribution in [0.15, 0.2) is 30.3 Å². The molecule has 0 spiro atoms. The van der Waals surface area contributed by atoms with Crippen LogP contribution in [0.1, 0.15) is 0 Å². The highest BCUT2D eigenvalue weighted by Crippen LogP contribution is 2.23. The quantitative estimate of drug-likeness (QED) is 0.402. The van der Waals surface area contributed by atoms with Crippen LogP contribution in [0.5, 0.6) is 5.75 Å². The van der Waals surface area contributed by atoms with Crippen molar-refractivity contribution < 1.29 is 34.9 Å². The van der Waals surface area contributed by atoms with Gasteiger partial charge in [-0.2, -0.15) is 4.89 Å². The molecule has 1 aliphatic rings. The molecule has 106 valence electrons. The first-order valence-corrected chi connectivity index (χ1v) is 5.82. The number of hydrogen-bond donors (Lipinski definition) is 4. The van der Waals surface area contributed by atoms with Crippen molar-refractivity contribution in [2.24, 2.45) is 0 Å². The van der Waals surface area contributed by atoms with E-state index in [4.69, 9.17) is 19.6 Å². The molecule has 1 heterocycles. The maximum atomic E-state index is 9.78. The van der Waals surface area contributed by atoms with Crippen molar-refractivity contribution in [3.8, 4) is 5.75 Å². The van der Waals surface area contributed by atoms with Gasteiger partial charge in [-0.3, -0.25) is 0 Å². The summed E-state index contributed by atoms with van der Waals surface area (Å²) in [5.41, 5.74) is 0. The molecule has 4 N–H and O–H groups in total. The first-order valence-electron chi connectivity index (χ1n) is 5.82. The van der Waals surface area contributed by atoms with Gasteiger partial charge in [0.2, 0.25) is 0 Å². The SMILES string of the molecule is OC[C@H]1O[C@@H](O)[C@H](OOc2ccccc2)[C@@H](O)[C@H]1O. The second-order valence-electron chi connectivity index (χ2n) is 4.19. The fourth-order valence-corrected chi connectivity index (χ4v) is 1.76. The predicted molar refractivity (Wildman–Crippen MR) is 61.9 cm³/mol. The Morgan fingerprint density at radius 2 is 1.74 bits per heavy atom. The minimum absolute atomic E-state index is 0.376. The van der Waals surface area contributed by atoms with Gasteiger partial charge in [0.05, 0.1) is 6.61 Å². The summed E-state index contributed by atoms with van der Waals surface area (Å²) < 4.78 is 4.91. The van der Waals surface area contributed by atoms with Crippen molar-refractivity contribution >= 4 is 0 Å². The Balaban J connectivity index is 1.96. The van der Waals surface area contributed by atoms with Crippen molar-refractivity contribution in [3.63, 3.8) is 0 Å². The van der Waals surface area contributed by atoms with Crippen molar-refractivity contribution in [1.29, 1.82) is 0 Å². The monoisotopic (exact) mass is 272 g/mol. The van der Waals surface area contributed by atoms with Crippen LogP contribution in [0, 0.1) is 0 Å². The maximum absolute atomic E-state index is 9.78. The Labute approximate surface area is 109 Å². The molecule has 0 unspecified atom stereocenters. The number of aliphatic hydroxyl groups is 4. The molecule has 1 aromatic carbocycles. The minimum atomic E-state index is -1.51. The van der Waals surface area contributed by atoms with Crippen LogP contribution >= 0.6 is 0 Å². The summed E-state index contributed by atoms with van der Waals surface area (Å²) in [7, 11) is 0. The van der Waals surface area contributed by atoms with Crippen LogP contribution in [0.3, 0.4) is 0 Å². The van der Waals surface area contributed by atoms with E-state index < -0.39 is 37.3 Å².